The van der Waals surface area contributed by atoms with E-state index in [4.69, 9.17) is 4.55 Å². The highest BCUT2D eigenvalue weighted by molar-refractivity contribution is 7.85. The minimum atomic E-state index is -4.33. The summed E-state index contributed by atoms with van der Waals surface area (Å²) in [7, 11) is -4.33. The minimum Gasteiger partial charge on any atom is -0.286 e. The SMILES string of the molecule is O=S(=O)(O)CCC(F)C(F)F. The zero-order chi connectivity index (χ0) is 9.07. The summed E-state index contributed by atoms with van der Waals surface area (Å²) in [6.45, 7) is 0. The van der Waals surface area contributed by atoms with Crippen LogP contribution in [0.25, 0.3) is 0 Å². The van der Waals surface area contributed by atoms with Gasteiger partial charge in [-0.15, -0.1) is 0 Å². The Kier molecular flexibility index (Phi) is 3.81. The number of hydrogen-bond acceptors (Lipinski definition) is 2. The molecule has 7 heteroatoms. The highest BCUT2D eigenvalue weighted by atomic mass is 32.2. The highest BCUT2D eigenvalue weighted by Gasteiger charge is 2.21. The fourth-order valence-electron chi connectivity index (χ4n) is 0.388. The van der Waals surface area contributed by atoms with Crippen molar-refractivity contribution in [3.63, 3.8) is 0 Å². The molecule has 0 heterocycles. The molecule has 1 unspecified atom stereocenters. The van der Waals surface area contributed by atoms with Crippen LogP contribution in [0.1, 0.15) is 6.42 Å². The van der Waals surface area contributed by atoms with Gasteiger partial charge in [0.2, 0.25) is 0 Å². The molecule has 0 spiro atoms. The zero-order valence-electron chi connectivity index (χ0n) is 5.37. The van der Waals surface area contributed by atoms with Gasteiger partial charge >= 0.3 is 0 Å². The van der Waals surface area contributed by atoms with E-state index < -0.39 is 34.9 Å². The molecular weight excluding hydrogens is 185 g/mol. The molecule has 11 heavy (non-hydrogen) atoms. The van der Waals surface area contributed by atoms with Gasteiger partial charge in [-0.2, -0.15) is 8.42 Å². The van der Waals surface area contributed by atoms with Crippen LogP contribution < -0.4 is 0 Å². The normalized spacial score (nSPS) is 15.4. The second-order valence-electron chi connectivity index (χ2n) is 1.93. The summed E-state index contributed by atoms with van der Waals surface area (Å²) in [5.41, 5.74) is 0. The second kappa shape index (κ2) is 3.91. The van der Waals surface area contributed by atoms with Crippen LogP contribution in [0.2, 0.25) is 0 Å². The third-order valence-corrected chi connectivity index (χ3v) is 1.68. The lowest BCUT2D eigenvalue weighted by Crippen LogP contribution is -2.17. The summed E-state index contributed by atoms with van der Waals surface area (Å²) in [6.07, 6.45) is -6.56. The van der Waals surface area contributed by atoms with Gasteiger partial charge in [0.25, 0.3) is 16.5 Å². The van der Waals surface area contributed by atoms with Gasteiger partial charge in [0.1, 0.15) is 0 Å². The van der Waals surface area contributed by atoms with Crippen molar-refractivity contribution in [2.75, 3.05) is 5.75 Å². The van der Waals surface area contributed by atoms with Crippen molar-refractivity contribution in [2.45, 2.75) is 19.0 Å². The average Bonchev–Trinajstić information content (AvgIpc) is 1.80. The quantitative estimate of drug-likeness (QED) is 0.672. The predicted octanol–water partition coefficient (Wildman–Crippen LogP) is 0.868. The summed E-state index contributed by atoms with van der Waals surface area (Å²) >= 11 is 0. The Morgan fingerprint density at radius 2 is 1.73 bits per heavy atom. The summed E-state index contributed by atoms with van der Waals surface area (Å²) in [5.74, 6) is -0.974. The Morgan fingerprint density at radius 1 is 1.27 bits per heavy atom. The molecule has 0 saturated carbocycles. The van der Waals surface area contributed by atoms with Crippen LogP contribution in [-0.2, 0) is 10.1 Å². The van der Waals surface area contributed by atoms with Gasteiger partial charge in [0, 0.05) is 6.42 Å². The van der Waals surface area contributed by atoms with Crippen molar-refractivity contribution in [3.05, 3.63) is 0 Å². The van der Waals surface area contributed by atoms with Crippen molar-refractivity contribution in [2.24, 2.45) is 0 Å². The topological polar surface area (TPSA) is 54.4 Å². The fourth-order valence-corrected chi connectivity index (χ4v) is 0.911. The maximum atomic E-state index is 11.9. The first-order valence-electron chi connectivity index (χ1n) is 2.70. The van der Waals surface area contributed by atoms with Gasteiger partial charge < -0.3 is 0 Å². The lowest BCUT2D eigenvalue weighted by molar-refractivity contribution is 0.0484. The smallest absolute Gasteiger partial charge is 0.269 e. The molecule has 0 aliphatic heterocycles. The van der Waals surface area contributed by atoms with E-state index in [1.807, 2.05) is 0 Å². The molecule has 3 nitrogen and oxygen atoms in total. The van der Waals surface area contributed by atoms with Gasteiger partial charge in [0.15, 0.2) is 6.17 Å². The lowest BCUT2D eigenvalue weighted by atomic mass is 10.3. The molecule has 0 aromatic rings. The molecule has 68 valence electrons. The maximum Gasteiger partial charge on any atom is 0.269 e. The van der Waals surface area contributed by atoms with Crippen LogP contribution in [0.3, 0.4) is 0 Å². The van der Waals surface area contributed by atoms with E-state index in [1.54, 1.807) is 0 Å². The Bertz CT molecular complexity index is 201. The van der Waals surface area contributed by atoms with Gasteiger partial charge in [-0.3, -0.25) is 4.55 Å². The molecule has 0 aliphatic carbocycles. The molecule has 1 N–H and O–H groups in total. The molecular formula is C4H7F3O3S. The van der Waals surface area contributed by atoms with E-state index in [1.165, 1.54) is 0 Å². The molecule has 0 aromatic heterocycles. The highest BCUT2D eigenvalue weighted by Crippen LogP contribution is 2.09. The Balaban J connectivity index is 3.72. The second-order valence-corrected chi connectivity index (χ2v) is 3.50. The molecule has 0 fully saturated rings. The average molecular weight is 192 g/mol. The molecule has 0 bridgehead atoms. The first-order chi connectivity index (χ1) is 4.83. The standard InChI is InChI=1S/C4H7F3O3S/c5-3(4(6)7)1-2-11(8,9)10/h3-4H,1-2H2,(H,8,9,10). The van der Waals surface area contributed by atoms with Crippen LogP contribution in [0.4, 0.5) is 13.2 Å². The summed E-state index contributed by atoms with van der Waals surface area (Å²) in [5, 5.41) is 0. The first kappa shape index (κ1) is 10.7. The van der Waals surface area contributed by atoms with Crippen molar-refractivity contribution in [1.29, 1.82) is 0 Å². The Labute approximate surface area is 62.0 Å². The number of alkyl halides is 3. The zero-order valence-corrected chi connectivity index (χ0v) is 6.19. The molecule has 0 aromatic carbocycles. The van der Waals surface area contributed by atoms with Crippen molar-refractivity contribution < 1.29 is 26.1 Å². The van der Waals surface area contributed by atoms with Crippen LogP contribution in [0.5, 0.6) is 0 Å². The molecule has 0 aliphatic rings. The number of halogens is 3. The van der Waals surface area contributed by atoms with Crippen molar-refractivity contribution >= 4 is 10.1 Å². The Hall–Kier alpha value is -0.300. The van der Waals surface area contributed by atoms with E-state index in [9.17, 15) is 21.6 Å². The van der Waals surface area contributed by atoms with E-state index in [0.29, 0.717) is 0 Å². The number of hydrogen-bond donors (Lipinski definition) is 1. The fraction of sp³-hybridized carbons (Fsp3) is 1.00. The van der Waals surface area contributed by atoms with Crippen LogP contribution in [-0.4, -0.2) is 31.3 Å². The monoisotopic (exact) mass is 192 g/mol. The summed E-state index contributed by atoms with van der Waals surface area (Å²) < 4.78 is 62.4. The predicted molar refractivity (Wildman–Crippen MR) is 31.9 cm³/mol. The lowest BCUT2D eigenvalue weighted by Gasteiger charge is -2.03. The van der Waals surface area contributed by atoms with E-state index >= 15 is 0 Å². The van der Waals surface area contributed by atoms with Crippen LogP contribution in [0.15, 0.2) is 0 Å². The van der Waals surface area contributed by atoms with Crippen molar-refractivity contribution in [3.8, 4) is 0 Å². The Morgan fingerprint density at radius 3 is 2.00 bits per heavy atom. The molecule has 0 rings (SSSR count). The van der Waals surface area contributed by atoms with Gasteiger partial charge in [0.05, 0.1) is 5.75 Å². The van der Waals surface area contributed by atoms with Crippen LogP contribution in [0, 0.1) is 0 Å². The van der Waals surface area contributed by atoms with E-state index in [-0.39, 0.29) is 0 Å². The van der Waals surface area contributed by atoms with Gasteiger partial charge in [-0.05, 0) is 0 Å². The summed E-state index contributed by atoms with van der Waals surface area (Å²) in [4.78, 5) is 0. The van der Waals surface area contributed by atoms with Crippen LogP contribution >= 0.6 is 0 Å². The number of rotatable bonds is 4. The molecule has 0 saturated heterocycles. The van der Waals surface area contributed by atoms with E-state index in [2.05, 4.69) is 0 Å². The minimum absolute atomic E-state index is 0.878. The largest absolute Gasteiger partial charge is 0.286 e. The third kappa shape index (κ3) is 6.11. The van der Waals surface area contributed by atoms with E-state index in [0.717, 1.165) is 0 Å². The van der Waals surface area contributed by atoms with Gasteiger partial charge in [-0.25, -0.2) is 13.2 Å². The van der Waals surface area contributed by atoms with Gasteiger partial charge in [-0.1, -0.05) is 0 Å². The molecule has 1 atom stereocenters. The summed E-state index contributed by atoms with van der Waals surface area (Å²) in [6, 6.07) is 0. The molecule has 0 amide bonds. The third-order valence-electron chi connectivity index (χ3n) is 0.925. The van der Waals surface area contributed by atoms with Crippen molar-refractivity contribution in [1.82, 2.24) is 0 Å². The maximum absolute atomic E-state index is 11.9. The molecule has 0 radical (unpaired) electrons. The first-order valence-corrected chi connectivity index (χ1v) is 4.31.